The zero-order valence-electron chi connectivity index (χ0n) is 16.3. The van der Waals surface area contributed by atoms with Gasteiger partial charge in [-0.05, 0) is 35.9 Å². The Morgan fingerprint density at radius 2 is 1.93 bits per heavy atom. The van der Waals surface area contributed by atoms with E-state index in [2.05, 4.69) is 47.2 Å². The summed E-state index contributed by atoms with van der Waals surface area (Å²) < 4.78 is 7.68. The third-order valence-electron chi connectivity index (χ3n) is 5.53. The van der Waals surface area contributed by atoms with Crippen LogP contribution >= 0.6 is 0 Å². The Labute approximate surface area is 166 Å². The average molecular weight is 372 g/mol. The first-order valence-corrected chi connectivity index (χ1v) is 9.86. The van der Waals surface area contributed by atoms with Gasteiger partial charge in [-0.25, -0.2) is 0 Å². The van der Waals surface area contributed by atoms with Gasteiger partial charge in [0.15, 0.2) is 0 Å². The molecule has 4 rings (SSSR count). The van der Waals surface area contributed by atoms with E-state index in [0.717, 1.165) is 36.5 Å². The van der Waals surface area contributed by atoms with E-state index in [9.17, 15) is 5.26 Å². The number of aromatic nitrogens is 1. The molecule has 1 unspecified atom stereocenters. The van der Waals surface area contributed by atoms with Crippen LogP contribution in [0.25, 0.3) is 0 Å². The van der Waals surface area contributed by atoms with Gasteiger partial charge < -0.3 is 14.2 Å². The van der Waals surface area contributed by atoms with Crippen LogP contribution in [0.2, 0.25) is 0 Å². The highest BCUT2D eigenvalue weighted by molar-refractivity contribution is 5.36. The monoisotopic (exact) mass is 372 g/mol. The molecule has 0 amide bonds. The largest absolute Gasteiger partial charge is 0.497 e. The molecule has 0 bridgehead atoms. The van der Waals surface area contributed by atoms with Crippen molar-refractivity contribution in [2.24, 2.45) is 0 Å². The zero-order chi connectivity index (χ0) is 19.3. The van der Waals surface area contributed by atoms with Gasteiger partial charge >= 0.3 is 0 Å². The summed E-state index contributed by atoms with van der Waals surface area (Å²) in [7, 11) is 1.70. The molecule has 3 aromatic rings. The summed E-state index contributed by atoms with van der Waals surface area (Å²) in [5.74, 6) is 0.893. The molecular weight excluding hydrogens is 346 g/mol. The predicted octanol–water partition coefficient (Wildman–Crippen LogP) is 3.16. The number of benzene rings is 2. The molecule has 1 aliphatic rings. The van der Waals surface area contributed by atoms with Gasteiger partial charge in [-0.3, -0.25) is 0 Å². The van der Waals surface area contributed by atoms with Crippen LogP contribution in [0.5, 0.6) is 5.75 Å². The molecule has 1 heterocycles. The van der Waals surface area contributed by atoms with Crippen molar-refractivity contribution in [3.8, 4) is 11.8 Å². The predicted molar refractivity (Wildman–Crippen MR) is 109 cm³/mol. The number of methoxy groups -OCH3 is 1. The van der Waals surface area contributed by atoms with Gasteiger partial charge in [-0.15, -0.1) is 0 Å². The highest BCUT2D eigenvalue weighted by Crippen LogP contribution is 2.18. The number of hydrogen-bond acceptors (Lipinski definition) is 2. The number of nitrogens with one attached hydrogen (secondary N) is 1. The fourth-order valence-electron chi connectivity index (χ4n) is 3.84. The summed E-state index contributed by atoms with van der Waals surface area (Å²) in [6.07, 6.45) is 4.71. The topological polar surface area (TPSA) is 42.4 Å². The second kappa shape index (κ2) is 8.33. The molecule has 0 saturated heterocycles. The minimum absolute atomic E-state index is 0.701. The summed E-state index contributed by atoms with van der Waals surface area (Å²) in [5, 5.41) is 9.42. The van der Waals surface area contributed by atoms with Gasteiger partial charge in [-0.1, -0.05) is 30.3 Å². The maximum atomic E-state index is 9.42. The fourth-order valence-corrected chi connectivity index (χ4v) is 3.84. The summed E-state index contributed by atoms with van der Waals surface area (Å²) in [6.45, 7) is 2.71. The van der Waals surface area contributed by atoms with Crippen molar-refractivity contribution < 1.29 is 9.64 Å². The van der Waals surface area contributed by atoms with E-state index in [-0.39, 0.29) is 0 Å². The van der Waals surface area contributed by atoms with E-state index in [0.29, 0.717) is 6.04 Å². The molecule has 4 nitrogen and oxygen atoms in total. The Hall–Kier alpha value is -3.03. The lowest BCUT2D eigenvalue weighted by molar-refractivity contribution is -0.938. The van der Waals surface area contributed by atoms with Gasteiger partial charge in [0.25, 0.3) is 0 Å². The SMILES string of the molecule is COc1cccc(Cn2cccc2C[NH+](Cc2ccccc2C#N)C2CC2)c1. The highest BCUT2D eigenvalue weighted by Gasteiger charge is 2.34. The fraction of sp³-hybridized carbons (Fsp3) is 0.292. The van der Waals surface area contributed by atoms with Crippen LogP contribution in [0, 0.1) is 11.3 Å². The summed E-state index contributed by atoms with van der Waals surface area (Å²) >= 11 is 0. The molecule has 28 heavy (non-hydrogen) atoms. The third kappa shape index (κ3) is 4.27. The molecule has 1 N–H and O–H groups in total. The Bertz CT molecular complexity index is 981. The van der Waals surface area contributed by atoms with Crippen molar-refractivity contribution in [2.75, 3.05) is 7.11 Å². The lowest BCUT2D eigenvalue weighted by Gasteiger charge is -2.21. The quantitative estimate of drug-likeness (QED) is 0.660. The number of nitrogens with zero attached hydrogens (tertiary/aromatic N) is 2. The number of quaternary nitrogens is 1. The number of nitriles is 1. The molecule has 4 heteroatoms. The van der Waals surface area contributed by atoms with Crippen LogP contribution in [0.1, 0.15) is 35.2 Å². The van der Waals surface area contributed by atoms with E-state index < -0.39 is 0 Å². The Balaban J connectivity index is 1.51. The minimum atomic E-state index is 0.701. The van der Waals surface area contributed by atoms with Crippen molar-refractivity contribution in [3.05, 3.63) is 89.2 Å². The first-order chi connectivity index (χ1) is 13.8. The number of ether oxygens (including phenoxy) is 1. The van der Waals surface area contributed by atoms with Gasteiger partial charge in [0, 0.05) is 31.1 Å². The van der Waals surface area contributed by atoms with Crippen molar-refractivity contribution in [3.63, 3.8) is 0 Å². The lowest BCUT2D eigenvalue weighted by Crippen LogP contribution is -3.10. The van der Waals surface area contributed by atoms with Crippen LogP contribution in [-0.2, 0) is 19.6 Å². The molecule has 1 saturated carbocycles. The smallest absolute Gasteiger partial charge is 0.119 e. The second-order valence-corrected chi connectivity index (χ2v) is 7.53. The van der Waals surface area contributed by atoms with Gasteiger partial charge in [-0.2, -0.15) is 5.26 Å². The highest BCUT2D eigenvalue weighted by atomic mass is 16.5. The minimum Gasteiger partial charge on any atom is -0.497 e. The van der Waals surface area contributed by atoms with Gasteiger partial charge in [0.2, 0.25) is 0 Å². The Morgan fingerprint density at radius 3 is 2.71 bits per heavy atom. The molecule has 1 fully saturated rings. The molecule has 142 valence electrons. The van der Waals surface area contributed by atoms with E-state index >= 15 is 0 Å². The number of hydrogen-bond donors (Lipinski definition) is 1. The van der Waals surface area contributed by atoms with Gasteiger partial charge in [0.1, 0.15) is 18.8 Å². The zero-order valence-corrected chi connectivity index (χ0v) is 16.3. The lowest BCUT2D eigenvalue weighted by atomic mass is 10.1. The van der Waals surface area contributed by atoms with E-state index in [1.165, 1.54) is 24.1 Å². The molecule has 1 aromatic heterocycles. The van der Waals surface area contributed by atoms with Crippen LogP contribution in [0.4, 0.5) is 0 Å². The van der Waals surface area contributed by atoms with E-state index in [4.69, 9.17) is 4.74 Å². The van der Waals surface area contributed by atoms with E-state index in [1.807, 2.05) is 30.3 Å². The molecule has 0 spiro atoms. The summed E-state index contributed by atoms with van der Waals surface area (Å²) in [4.78, 5) is 1.55. The van der Waals surface area contributed by atoms with E-state index in [1.54, 1.807) is 12.0 Å². The molecule has 0 aliphatic heterocycles. The maximum Gasteiger partial charge on any atom is 0.119 e. The van der Waals surface area contributed by atoms with Crippen LogP contribution in [-0.4, -0.2) is 17.7 Å². The van der Waals surface area contributed by atoms with Crippen LogP contribution < -0.4 is 9.64 Å². The number of rotatable bonds is 8. The summed E-state index contributed by atoms with van der Waals surface area (Å²) in [5.41, 5.74) is 4.52. The van der Waals surface area contributed by atoms with Crippen molar-refractivity contribution in [2.45, 2.75) is 38.5 Å². The standard InChI is InChI=1S/C24H25N3O/c1-28-24-10-4-6-19(14-24)16-26-13-5-9-23(26)18-27(22-11-12-22)17-21-8-3-2-7-20(21)15-25/h2-10,13-14,22H,11-12,16-18H2,1H3/p+1. The van der Waals surface area contributed by atoms with Gasteiger partial charge in [0.05, 0.1) is 30.5 Å². The van der Waals surface area contributed by atoms with Crippen LogP contribution in [0.15, 0.2) is 66.9 Å². The Morgan fingerprint density at radius 1 is 1.07 bits per heavy atom. The van der Waals surface area contributed by atoms with Crippen molar-refractivity contribution in [1.29, 1.82) is 5.26 Å². The third-order valence-corrected chi connectivity index (χ3v) is 5.53. The molecular formula is C24H26N3O+. The molecule has 1 aliphatic carbocycles. The maximum absolute atomic E-state index is 9.42. The molecule has 2 aromatic carbocycles. The summed E-state index contributed by atoms with van der Waals surface area (Å²) in [6, 6.07) is 23.6. The molecule has 0 radical (unpaired) electrons. The first kappa shape index (κ1) is 18.3. The average Bonchev–Trinajstić information content (AvgIpc) is 3.50. The first-order valence-electron chi connectivity index (χ1n) is 9.86. The van der Waals surface area contributed by atoms with Crippen molar-refractivity contribution >= 4 is 0 Å². The normalized spacial score (nSPS) is 14.4. The van der Waals surface area contributed by atoms with Crippen LogP contribution in [0.3, 0.4) is 0 Å². The van der Waals surface area contributed by atoms with Crippen molar-refractivity contribution in [1.82, 2.24) is 4.57 Å². The second-order valence-electron chi connectivity index (χ2n) is 7.53. The molecule has 1 atom stereocenters. The Kier molecular flexibility index (Phi) is 5.45.